The molecule has 0 aromatic heterocycles. The molecular formula is C17H28ClNO3S. The van der Waals surface area contributed by atoms with Gasteiger partial charge in [0.05, 0.1) is 12.4 Å². The van der Waals surface area contributed by atoms with Crippen molar-refractivity contribution in [1.82, 2.24) is 5.48 Å². The van der Waals surface area contributed by atoms with Crippen LogP contribution in [-0.4, -0.2) is 35.0 Å². The van der Waals surface area contributed by atoms with Crippen LogP contribution in [0.2, 0.25) is 0 Å². The third-order valence-corrected chi connectivity index (χ3v) is 5.11. The Morgan fingerprint density at radius 1 is 1.52 bits per heavy atom. The van der Waals surface area contributed by atoms with Gasteiger partial charge in [-0.05, 0) is 37.0 Å². The summed E-state index contributed by atoms with van der Waals surface area (Å²) in [6.07, 6.45) is 5.23. The summed E-state index contributed by atoms with van der Waals surface area (Å²) in [6, 6.07) is 0. The number of hydroxylamine groups is 1. The number of ketones is 1. The monoisotopic (exact) mass is 361 g/mol. The van der Waals surface area contributed by atoms with E-state index in [1.807, 2.05) is 11.8 Å². The van der Waals surface area contributed by atoms with Crippen LogP contribution in [-0.2, 0) is 9.63 Å². The molecule has 0 heterocycles. The fourth-order valence-electron chi connectivity index (χ4n) is 2.84. The highest BCUT2D eigenvalue weighted by Gasteiger charge is 2.28. The van der Waals surface area contributed by atoms with Gasteiger partial charge >= 0.3 is 0 Å². The number of hydrogen-bond donors (Lipinski definition) is 2. The third-order valence-electron chi connectivity index (χ3n) is 3.83. The first-order valence-electron chi connectivity index (χ1n) is 8.24. The predicted molar refractivity (Wildman–Crippen MR) is 97.8 cm³/mol. The molecule has 0 radical (unpaired) electrons. The zero-order chi connectivity index (χ0) is 17.1. The summed E-state index contributed by atoms with van der Waals surface area (Å²) in [5, 5.41) is 10.7. The number of aliphatic hydroxyl groups is 1. The Bertz CT molecular complexity index is 426. The normalized spacial score (nSPS) is 20.5. The molecule has 0 saturated heterocycles. The average molecular weight is 362 g/mol. The summed E-state index contributed by atoms with van der Waals surface area (Å²) < 4.78 is 0. The van der Waals surface area contributed by atoms with Crippen molar-refractivity contribution in [3.05, 3.63) is 22.9 Å². The van der Waals surface area contributed by atoms with E-state index in [9.17, 15) is 9.90 Å². The standard InChI is InChI=1S/C17H28ClNO3S/c1-3-23-13(2)10-14-11-16(20)15(17(21)12-14)6-4-8-19-22-9-5-7-18/h5,7,13-14,19-20H,3-4,6,8-12H2,1-2H3/b7-5+. The molecule has 1 aliphatic carbocycles. The third kappa shape index (κ3) is 8.25. The molecular weight excluding hydrogens is 334 g/mol. The van der Waals surface area contributed by atoms with Crippen molar-refractivity contribution in [2.75, 3.05) is 18.9 Å². The van der Waals surface area contributed by atoms with Crippen LogP contribution in [0, 0.1) is 5.92 Å². The van der Waals surface area contributed by atoms with E-state index in [0.29, 0.717) is 49.0 Å². The van der Waals surface area contributed by atoms with Crippen LogP contribution >= 0.6 is 23.4 Å². The van der Waals surface area contributed by atoms with Crippen LogP contribution in [0.25, 0.3) is 0 Å². The lowest BCUT2D eigenvalue weighted by Gasteiger charge is -2.25. The molecule has 0 aliphatic heterocycles. The molecule has 2 N–H and O–H groups in total. The Balaban J connectivity index is 2.34. The van der Waals surface area contributed by atoms with Gasteiger partial charge in [-0.3, -0.25) is 9.63 Å². The van der Waals surface area contributed by atoms with Gasteiger partial charge in [0.25, 0.3) is 0 Å². The molecule has 6 heteroatoms. The molecule has 4 nitrogen and oxygen atoms in total. The van der Waals surface area contributed by atoms with Gasteiger partial charge in [0.15, 0.2) is 5.78 Å². The maximum atomic E-state index is 12.3. The molecule has 0 saturated carbocycles. The summed E-state index contributed by atoms with van der Waals surface area (Å²) in [5.74, 6) is 1.78. The smallest absolute Gasteiger partial charge is 0.162 e. The maximum Gasteiger partial charge on any atom is 0.162 e. The topological polar surface area (TPSA) is 58.6 Å². The fourth-order valence-corrected chi connectivity index (χ4v) is 3.89. The maximum absolute atomic E-state index is 12.3. The number of carbonyl (C=O) groups is 1. The quantitative estimate of drug-likeness (QED) is 0.423. The minimum Gasteiger partial charge on any atom is -0.512 e. The zero-order valence-corrected chi connectivity index (χ0v) is 15.6. The van der Waals surface area contributed by atoms with Crippen molar-refractivity contribution in [3.63, 3.8) is 0 Å². The van der Waals surface area contributed by atoms with Gasteiger partial charge in [-0.15, -0.1) is 0 Å². The molecule has 0 spiro atoms. The summed E-state index contributed by atoms with van der Waals surface area (Å²) >= 11 is 7.28. The van der Waals surface area contributed by atoms with Crippen molar-refractivity contribution in [3.8, 4) is 0 Å². The number of halogens is 1. The molecule has 1 rings (SSSR count). The van der Waals surface area contributed by atoms with E-state index >= 15 is 0 Å². The molecule has 0 bridgehead atoms. The summed E-state index contributed by atoms with van der Waals surface area (Å²) in [7, 11) is 0. The highest BCUT2D eigenvalue weighted by Crippen LogP contribution is 2.32. The summed E-state index contributed by atoms with van der Waals surface area (Å²) in [4.78, 5) is 17.4. The molecule has 132 valence electrons. The van der Waals surface area contributed by atoms with E-state index in [-0.39, 0.29) is 11.7 Å². The number of nitrogens with one attached hydrogen (secondary N) is 1. The van der Waals surface area contributed by atoms with Crippen LogP contribution in [0.15, 0.2) is 22.9 Å². The van der Waals surface area contributed by atoms with Crippen LogP contribution in [0.1, 0.15) is 46.0 Å². The van der Waals surface area contributed by atoms with Gasteiger partial charge < -0.3 is 5.11 Å². The van der Waals surface area contributed by atoms with Crippen molar-refractivity contribution in [2.45, 2.75) is 51.2 Å². The molecule has 23 heavy (non-hydrogen) atoms. The van der Waals surface area contributed by atoms with E-state index < -0.39 is 0 Å². The van der Waals surface area contributed by atoms with Gasteiger partial charge in [-0.25, -0.2) is 5.48 Å². The van der Waals surface area contributed by atoms with Gasteiger partial charge in [0, 0.05) is 35.7 Å². The van der Waals surface area contributed by atoms with Crippen molar-refractivity contribution >= 4 is 29.1 Å². The van der Waals surface area contributed by atoms with E-state index in [1.165, 1.54) is 5.54 Å². The molecule has 2 unspecified atom stereocenters. The minimum absolute atomic E-state index is 0.110. The first-order valence-corrected chi connectivity index (χ1v) is 9.72. The molecule has 2 atom stereocenters. The number of thioether (sulfide) groups is 1. The Morgan fingerprint density at radius 2 is 2.30 bits per heavy atom. The van der Waals surface area contributed by atoms with E-state index in [2.05, 4.69) is 19.3 Å². The first-order chi connectivity index (χ1) is 11.1. The molecule has 0 aromatic carbocycles. The molecule has 0 fully saturated rings. The lowest BCUT2D eigenvalue weighted by molar-refractivity contribution is -0.117. The minimum atomic E-state index is 0.110. The molecule has 1 aliphatic rings. The number of allylic oxidation sites excluding steroid dienone is 2. The van der Waals surface area contributed by atoms with Gasteiger partial charge in [-0.2, -0.15) is 11.8 Å². The molecule has 0 amide bonds. The van der Waals surface area contributed by atoms with Crippen LogP contribution in [0.4, 0.5) is 0 Å². The van der Waals surface area contributed by atoms with Crippen molar-refractivity contribution in [1.29, 1.82) is 0 Å². The van der Waals surface area contributed by atoms with Crippen molar-refractivity contribution in [2.24, 2.45) is 5.92 Å². The van der Waals surface area contributed by atoms with Crippen LogP contribution in [0.5, 0.6) is 0 Å². The SMILES string of the molecule is CCSC(C)CC1CC(=O)C(CCCNOC/C=C/Cl)=C(O)C1. The second kappa shape index (κ2) is 12.0. The highest BCUT2D eigenvalue weighted by atomic mass is 35.5. The van der Waals surface area contributed by atoms with Gasteiger partial charge in [-0.1, -0.05) is 25.4 Å². The number of hydrogen-bond acceptors (Lipinski definition) is 5. The number of Topliss-reactive ketones (excluding diaryl/α,β-unsaturated/α-hetero) is 1. The molecule has 0 aromatic rings. The number of rotatable bonds is 11. The Hall–Kier alpha value is -0.490. The zero-order valence-electron chi connectivity index (χ0n) is 14.0. The largest absolute Gasteiger partial charge is 0.512 e. The Labute approximate surface area is 148 Å². The number of carbonyl (C=O) groups excluding carboxylic acids is 1. The Kier molecular flexibility index (Phi) is 10.7. The Morgan fingerprint density at radius 3 is 2.96 bits per heavy atom. The van der Waals surface area contributed by atoms with Gasteiger partial charge in [0.2, 0.25) is 0 Å². The highest BCUT2D eigenvalue weighted by molar-refractivity contribution is 7.99. The lowest BCUT2D eigenvalue weighted by atomic mass is 9.83. The second-order valence-electron chi connectivity index (χ2n) is 5.79. The van der Waals surface area contributed by atoms with Gasteiger partial charge in [0.1, 0.15) is 0 Å². The number of aliphatic hydroxyl groups excluding tert-OH is 1. The fraction of sp³-hybridized carbons (Fsp3) is 0.706. The van der Waals surface area contributed by atoms with Crippen LogP contribution < -0.4 is 5.48 Å². The van der Waals surface area contributed by atoms with Crippen LogP contribution in [0.3, 0.4) is 0 Å². The summed E-state index contributed by atoms with van der Waals surface area (Å²) in [6.45, 7) is 5.38. The first kappa shape index (κ1) is 20.6. The lowest BCUT2D eigenvalue weighted by Crippen LogP contribution is -2.23. The summed E-state index contributed by atoms with van der Waals surface area (Å²) in [5.41, 5.74) is 4.83. The van der Waals surface area contributed by atoms with E-state index in [4.69, 9.17) is 16.4 Å². The van der Waals surface area contributed by atoms with Crippen molar-refractivity contribution < 1.29 is 14.7 Å². The predicted octanol–water partition coefficient (Wildman–Crippen LogP) is 4.36. The van der Waals surface area contributed by atoms with E-state index in [0.717, 1.165) is 18.6 Å². The van der Waals surface area contributed by atoms with E-state index in [1.54, 1.807) is 6.08 Å². The average Bonchev–Trinajstić information content (AvgIpc) is 2.48. The second-order valence-corrected chi connectivity index (χ2v) is 7.76.